The molecule has 0 bridgehead atoms. The van der Waals surface area contributed by atoms with E-state index in [1.165, 1.54) is 0 Å². The van der Waals surface area contributed by atoms with Crippen molar-refractivity contribution in [3.63, 3.8) is 0 Å². The summed E-state index contributed by atoms with van der Waals surface area (Å²) in [6.45, 7) is 5.38. The maximum Gasteiger partial charge on any atom is 0.310 e. The zero-order valence-corrected chi connectivity index (χ0v) is 8.12. The minimum Gasteiger partial charge on any atom is -0.461 e. The number of cyclic esters (lactones) is 1. The average Bonchev–Trinajstić information content (AvgIpc) is 2.30. The van der Waals surface area contributed by atoms with Crippen molar-refractivity contribution in [1.29, 1.82) is 0 Å². The second-order valence-electron chi connectivity index (χ2n) is 3.86. The van der Waals surface area contributed by atoms with Gasteiger partial charge in [0.2, 0.25) is 0 Å². The molecule has 1 atom stereocenters. The van der Waals surface area contributed by atoms with Gasteiger partial charge in [0.15, 0.2) is 5.60 Å². The van der Waals surface area contributed by atoms with Gasteiger partial charge in [-0.05, 0) is 6.92 Å². The zero-order chi connectivity index (χ0) is 10.1. The van der Waals surface area contributed by atoms with Crippen molar-refractivity contribution in [2.45, 2.75) is 32.8 Å². The monoisotopic (exact) mass is 186 g/mol. The molecule has 1 aliphatic rings. The molecule has 0 aromatic rings. The molecule has 1 saturated heterocycles. The molecule has 0 aromatic heterocycles. The molecule has 1 fully saturated rings. The van der Waals surface area contributed by atoms with Crippen molar-refractivity contribution in [2.24, 2.45) is 5.92 Å². The second-order valence-corrected chi connectivity index (χ2v) is 3.86. The van der Waals surface area contributed by atoms with E-state index >= 15 is 0 Å². The highest BCUT2D eigenvalue weighted by molar-refractivity contribution is 5.76. The van der Waals surface area contributed by atoms with Crippen LogP contribution in [-0.4, -0.2) is 24.1 Å². The van der Waals surface area contributed by atoms with Crippen LogP contribution in [0.3, 0.4) is 0 Å². The first-order chi connectivity index (χ1) is 5.93. The molecule has 13 heavy (non-hydrogen) atoms. The Bertz CT molecular complexity index is 234. The first-order valence-electron chi connectivity index (χ1n) is 4.31. The third-order valence-electron chi connectivity index (χ3n) is 1.88. The van der Waals surface area contributed by atoms with Crippen LogP contribution in [-0.2, 0) is 19.1 Å². The van der Waals surface area contributed by atoms with Gasteiger partial charge in [0.25, 0.3) is 0 Å². The van der Waals surface area contributed by atoms with Crippen molar-refractivity contribution in [2.75, 3.05) is 6.61 Å². The lowest BCUT2D eigenvalue weighted by Gasteiger charge is -2.21. The summed E-state index contributed by atoms with van der Waals surface area (Å²) in [5.41, 5.74) is -0.752. The minimum atomic E-state index is -0.752. The molecule has 4 heteroatoms. The topological polar surface area (TPSA) is 52.6 Å². The summed E-state index contributed by atoms with van der Waals surface area (Å²) in [5.74, 6) is -0.771. The van der Waals surface area contributed by atoms with Crippen LogP contribution in [0.1, 0.15) is 27.2 Å². The largest absolute Gasteiger partial charge is 0.461 e. The maximum atomic E-state index is 11.2. The molecule has 1 aliphatic heterocycles. The smallest absolute Gasteiger partial charge is 0.310 e. The van der Waals surface area contributed by atoms with E-state index in [0.717, 1.165) is 0 Å². The SMILES string of the molecule is CC(C)C(=O)OC1(C)COC(=O)C1. The Hall–Kier alpha value is -1.06. The summed E-state index contributed by atoms with van der Waals surface area (Å²) in [6.07, 6.45) is 0.158. The van der Waals surface area contributed by atoms with Crippen LogP contribution in [0, 0.1) is 5.92 Å². The third-order valence-corrected chi connectivity index (χ3v) is 1.88. The van der Waals surface area contributed by atoms with E-state index in [1.54, 1.807) is 20.8 Å². The summed E-state index contributed by atoms with van der Waals surface area (Å²) < 4.78 is 9.88. The minimum absolute atomic E-state index is 0.158. The Labute approximate surface area is 77.2 Å². The van der Waals surface area contributed by atoms with Crippen LogP contribution in [0.25, 0.3) is 0 Å². The molecule has 1 rings (SSSR count). The molecule has 0 spiro atoms. The zero-order valence-electron chi connectivity index (χ0n) is 8.12. The van der Waals surface area contributed by atoms with Gasteiger partial charge in [0, 0.05) is 0 Å². The van der Waals surface area contributed by atoms with Gasteiger partial charge in [-0.1, -0.05) is 13.8 Å². The molecule has 0 amide bonds. The third kappa shape index (κ3) is 2.44. The molecule has 0 aromatic carbocycles. The fourth-order valence-electron chi connectivity index (χ4n) is 1.07. The quantitative estimate of drug-likeness (QED) is 0.601. The number of ether oxygens (including phenoxy) is 2. The number of carbonyl (C=O) groups excluding carboxylic acids is 2. The summed E-state index contributed by atoms with van der Waals surface area (Å²) in [4.78, 5) is 22.0. The van der Waals surface area contributed by atoms with Gasteiger partial charge in [-0.25, -0.2) is 0 Å². The molecular weight excluding hydrogens is 172 g/mol. The molecule has 1 unspecified atom stereocenters. The number of rotatable bonds is 2. The van der Waals surface area contributed by atoms with Gasteiger partial charge < -0.3 is 9.47 Å². The van der Waals surface area contributed by atoms with Crippen molar-refractivity contribution in [3.8, 4) is 0 Å². The number of carbonyl (C=O) groups is 2. The standard InChI is InChI=1S/C9H14O4/c1-6(2)8(11)13-9(3)4-7(10)12-5-9/h6H,4-5H2,1-3H3. The molecule has 0 radical (unpaired) electrons. The van der Waals surface area contributed by atoms with E-state index in [2.05, 4.69) is 0 Å². The molecule has 4 nitrogen and oxygen atoms in total. The van der Waals surface area contributed by atoms with Gasteiger partial charge in [-0.15, -0.1) is 0 Å². The van der Waals surface area contributed by atoms with Gasteiger partial charge >= 0.3 is 11.9 Å². The second kappa shape index (κ2) is 3.36. The van der Waals surface area contributed by atoms with Gasteiger partial charge in [0.05, 0.1) is 12.3 Å². The molecule has 0 saturated carbocycles. The summed E-state index contributed by atoms with van der Waals surface area (Å²) >= 11 is 0. The Kier molecular flexibility index (Phi) is 2.59. The van der Waals surface area contributed by atoms with Crippen LogP contribution in [0.15, 0.2) is 0 Å². The fraction of sp³-hybridized carbons (Fsp3) is 0.778. The predicted molar refractivity (Wildman–Crippen MR) is 44.9 cm³/mol. The molecule has 0 N–H and O–H groups in total. The lowest BCUT2D eigenvalue weighted by molar-refractivity contribution is -0.161. The first kappa shape index (κ1) is 10.0. The van der Waals surface area contributed by atoms with Gasteiger partial charge in [-0.2, -0.15) is 0 Å². The normalized spacial score (nSPS) is 27.5. The highest BCUT2D eigenvalue weighted by atomic mass is 16.6. The fourth-order valence-corrected chi connectivity index (χ4v) is 1.07. The Morgan fingerprint density at radius 2 is 2.23 bits per heavy atom. The van der Waals surface area contributed by atoms with Crippen LogP contribution < -0.4 is 0 Å². The van der Waals surface area contributed by atoms with E-state index < -0.39 is 5.60 Å². The predicted octanol–water partition coefficient (Wildman–Crippen LogP) is 0.891. The van der Waals surface area contributed by atoms with E-state index in [9.17, 15) is 9.59 Å². The van der Waals surface area contributed by atoms with Crippen LogP contribution in [0.4, 0.5) is 0 Å². The maximum absolute atomic E-state index is 11.2. The number of hydrogen-bond acceptors (Lipinski definition) is 4. The lowest BCUT2D eigenvalue weighted by Crippen LogP contribution is -2.33. The summed E-state index contributed by atoms with van der Waals surface area (Å²) in [7, 11) is 0. The van der Waals surface area contributed by atoms with Crippen LogP contribution >= 0.6 is 0 Å². The Morgan fingerprint density at radius 3 is 2.62 bits per heavy atom. The molecular formula is C9H14O4. The Balaban J connectivity index is 2.53. The van der Waals surface area contributed by atoms with E-state index in [4.69, 9.17) is 9.47 Å². The first-order valence-corrected chi connectivity index (χ1v) is 4.31. The van der Waals surface area contributed by atoms with Crippen molar-refractivity contribution >= 4 is 11.9 Å². The van der Waals surface area contributed by atoms with E-state index in [0.29, 0.717) is 0 Å². The van der Waals surface area contributed by atoms with Crippen LogP contribution in [0.2, 0.25) is 0 Å². The van der Waals surface area contributed by atoms with Gasteiger partial charge in [-0.3, -0.25) is 9.59 Å². The summed E-state index contributed by atoms with van der Waals surface area (Å²) in [6, 6.07) is 0. The average molecular weight is 186 g/mol. The Morgan fingerprint density at radius 1 is 1.62 bits per heavy atom. The van der Waals surface area contributed by atoms with Crippen molar-refractivity contribution in [3.05, 3.63) is 0 Å². The molecule has 74 valence electrons. The van der Waals surface area contributed by atoms with Gasteiger partial charge in [0.1, 0.15) is 6.61 Å². The highest BCUT2D eigenvalue weighted by Gasteiger charge is 2.39. The lowest BCUT2D eigenvalue weighted by atomic mass is 10.1. The van der Waals surface area contributed by atoms with E-state index in [-0.39, 0.29) is 30.9 Å². The highest BCUT2D eigenvalue weighted by Crippen LogP contribution is 2.24. The number of esters is 2. The van der Waals surface area contributed by atoms with Crippen molar-refractivity contribution < 1.29 is 19.1 Å². The van der Waals surface area contributed by atoms with Crippen molar-refractivity contribution in [1.82, 2.24) is 0 Å². The molecule has 0 aliphatic carbocycles. The van der Waals surface area contributed by atoms with E-state index in [1.807, 2.05) is 0 Å². The summed E-state index contributed by atoms with van der Waals surface area (Å²) in [5, 5.41) is 0. The molecule has 1 heterocycles. The van der Waals surface area contributed by atoms with Crippen LogP contribution in [0.5, 0.6) is 0 Å². The number of hydrogen-bond donors (Lipinski definition) is 0.